The number of β-amino-alcohol motifs (C(OH)–C–C–N with tert-alkyl or cyclic N) is 1. The van der Waals surface area contributed by atoms with Crippen molar-refractivity contribution in [3.05, 3.63) is 29.8 Å². The minimum atomic E-state index is -1.75. The number of benzene rings is 1. The maximum atomic E-state index is 11.1. The second-order valence-corrected chi connectivity index (χ2v) is 5.37. The Labute approximate surface area is 112 Å². The lowest BCUT2D eigenvalue weighted by Gasteiger charge is -2.31. The summed E-state index contributed by atoms with van der Waals surface area (Å²) in [5.41, 5.74) is 0.353. The van der Waals surface area contributed by atoms with E-state index >= 15 is 0 Å². The fourth-order valence-corrected chi connectivity index (χ4v) is 2.34. The predicted octanol–water partition coefficient (Wildman–Crippen LogP) is 0.820. The van der Waals surface area contributed by atoms with Gasteiger partial charge >= 0.3 is 5.97 Å². The largest absolute Gasteiger partial charge is 0.479 e. The molecule has 0 aliphatic carbocycles. The van der Waals surface area contributed by atoms with Crippen LogP contribution in [0.25, 0.3) is 0 Å². The van der Waals surface area contributed by atoms with Crippen LogP contribution in [0.15, 0.2) is 24.3 Å². The van der Waals surface area contributed by atoms with Crippen LogP contribution >= 0.6 is 0 Å². The number of carboxylic acids is 1. The van der Waals surface area contributed by atoms with Crippen molar-refractivity contribution in [2.45, 2.75) is 32.0 Å². The molecule has 2 unspecified atom stereocenters. The minimum Gasteiger partial charge on any atom is -0.479 e. The molecule has 1 aromatic rings. The lowest BCUT2D eigenvalue weighted by atomic mass is 10.1. The molecular formula is C14H20N2O3. The van der Waals surface area contributed by atoms with Gasteiger partial charge in [0.2, 0.25) is 0 Å². The van der Waals surface area contributed by atoms with E-state index in [9.17, 15) is 9.90 Å². The lowest BCUT2D eigenvalue weighted by Crippen LogP contribution is -2.49. The second kappa shape index (κ2) is 5.19. The summed E-state index contributed by atoms with van der Waals surface area (Å²) < 4.78 is 0. The molecule has 1 heterocycles. The first-order valence-electron chi connectivity index (χ1n) is 6.42. The van der Waals surface area contributed by atoms with Crippen molar-refractivity contribution in [1.82, 2.24) is 5.32 Å². The summed E-state index contributed by atoms with van der Waals surface area (Å²) in [5, 5.41) is 22.4. The molecule has 104 valence electrons. The van der Waals surface area contributed by atoms with Crippen molar-refractivity contribution >= 4 is 11.7 Å². The Morgan fingerprint density at radius 3 is 2.89 bits per heavy atom. The number of nitrogens with one attached hydrogen (secondary N) is 1. The van der Waals surface area contributed by atoms with Gasteiger partial charge < -0.3 is 20.4 Å². The smallest absolute Gasteiger partial charge is 0.337 e. The van der Waals surface area contributed by atoms with E-state index in [0.717, 1.165) is 17.8 Å². The van der Waals surface area contributed by atoms with Gasteiger partial charge in [0.25, 0.3) is 0 Å². The number of carbonyl (C=O) groups is 1. The van der Waals surface area contributed by atoms with Crippen molar-refractivity contribution < 1.29 is 15.0 Å². The zero-order valence-electron chi connectivity index (χ0n) is 11.3. The van der Waals surface area contributed by atoms with E-state index in [4.69, 9.17) is 5.11 Å². The highest BCUT2D eigenvalue weighted by molar-refractivity contribution is 5.77. The Kier molecular flexibility index (Phi) is 3.78. The van der Waals surface area contributed by atoms with Crippen molar-refractivity contribution in [2.75, 3.05) is 18.0 Å². The third-order valence-electron chi connectivity index (χ3n) is 3.43. The van der Waals surface area contributed by atoms with E-state index in [0.29, 0.717) is 6.54 Å². The average molecular weight is 264 g/mol. The normalized spacial score (nSPS) is 22.3. The van der Waals surface area contributed by atoms with Crippen LogP contribution in [0.3, 0.4) is 0 Å². The Balaban J connectivity index is 2.30. The number of hydrogen-bond acceptors (Lipinski definition) is 4. The highest BCUT2D eigenvalue weighted by Crippen LogP contribution is 2.25. The third kappa shape index (κ3) is 3.05. The van der Waals surface area contributed by atoms with E-state index in [-0.39, 0.29) is 12.6 Å². The number of anilines is 1. The van der Waals surface area contributed by atoms with Crippen molar-refractivity contribution in [3.63, 3.8) is 0 Å². The molecule has 0 saturated heterocycles. The van der Waals surface area contributed by atoms with E-state index in [1.54, 1.807) is 0 Å². The van der Waals surface area contributed by atoms with Gasteiger partial charge in [-0.2, -0.15) is 0 Å². The van der Waals surface area contributed by atoms with Gasteiger partial charge in [-0.15, -0.1) is 0 Å². The van der Waals surface area contributed by atoms with E-state index in [1.807, 2.05) is 36.1 Å². The standard InChI is InChI=1S/C14H20N2O3/c1-10-8-16(9-14(2,19)13(17)18)12-6-4-3-5-11(12)7-15-10/h3-6,10,15,19H,7-9H2,1-2H3,(H,17,18). The summed E-state index contributed by atoms with van der Waals surface area (Å²) in [6.45, 7) is 4.88. The van der Waals surface area contributed by atoms with Crippen LogP contribution in [0.1, 0.15) is 19.4 Å². The molecule has 5 heteroatoms. The quantitative estimate of drug-likeness (QED) is 0.754. The van der Waals surface area contributed by atoms with Crippen LogP contribution in [-0.2, 0) is 11.3 Å². The molecule has 0 fully saturated rings. The monoisotopic (exact) mass is 264 g/mol. The van der Waals surface area contributed by atoms with Crippen LogP contribution in [0.5, 0.6) is 0 Å². The molecule has 0 aromatic heterocycles. The first kappa shape index (κ1) is 13.8. The second-order valence-electron chi connectivity index (χ2n) is 5.37. The summed E-state index contributed by atoms with van der Waals surface area (Å²) in [6.07, 6.45) is 0. The minimum absolute atomic E-state index is 0.0748. The number of aliphatic hydroxyl groups is 1. The van der Waals surface area contributed by atoms with Gasteiger partial charge in [0.1, 0.15) is 0 Å². The van der Waals surface area contributed by atoms with Gasteiger partial charge in [0.05, 0.1) is 6.54 Å². The first-order valence-corrected chi connectivity index (χ1v) is 6.42. The molecule has 1 aromatic carbocycles. The Bertz CT molecular complexity index is 474. The Morgan fingerprint density at radius 2 is 2.21 bits per heavy atom. The molecule has 2 rings (SSSR count). The third-order valence-corrected chi connectivity index (χ3v) is 3.43. The summed E-state index contributed by atoms with van der Waals surface area (Å²) in [4.78, 5) is 13.0. The number of aliphatic carboxylic acids is 1. The fourth-order valence-electron chi connectivity index (χ4n) is 2.34. The number of hydrogen-bond donors (Lipinski definition) is 3. The topological polar surface area (TPSA) is 72.8 Å². The molecule has 1 aliphatic heterocycles. The van der Waals surface area contributed by atoms with Crippen molar-refractivity contribution in [1.29, 1.82) is 0 Å². The molecule has 5 nitrogen and oxygen atoms in total. The van der Waals surface area contributed by atoms with E-state index < -0.39 is 11.6 Å². The fraction of sp³-hybridized carbons (Fsp3) is 0.500. The molecule has 0 amide bonds. The SMILES string of the molecule is CC1CN(CC(C)(O)C(=O)O)c2ccccc2CN1. The summed E-state index contributed by atoms with van der Waals surface area (Å²) in [7, 11) is 0. The van der Waals surface area contributed by atoms with Crippen LogP contribution in [0.4, 0.5) is 5.69 Å². The molecular weight excluding hydrogens is 244 g/mol. The first-order chi connectivity index (χ1) is 8.90. The summed E-state index contributed by atoms with van der Waals surface area (Å²) in [5.74, 6) is -1.20. The molecule has 0 spiro atoms. The number of nitrogens with zero attached hydrogens (tertiary/aromatic N) is 1. The maximum Gasteiger partial charge on any atom is 0.337 e. The molecule has 0 radical (unpaired) electrons. The molecule has 1 aliphatic rings. The number of carboxylic acid groups (broad SMARTS) is 1. The van der Waals surface area contributed by atoms with Crippen molar-refractivity contribution in [3.8, 4) is 0 Å². The zero-order chi connectivity index (χ0) is 14.0. The molecule has 3 N–H and O–H groups in total. The molecule has 0 bridgehead atoms. The van der Waals surface area contributed by atoms with E-state index in [2.05, 4.69) is 5.32 Å². The van der Waals surface area contributed by atoms with Gasteiger partial charge in [0, 0.05) is 24.8 Å². The zero-order valence-corrected chi connectivity index (χ0v) is 11.3. The van der Waals surface area contributed by atoms with E-state index in [1.165, 1.54) is 6.92 Å². The van der Waals surface area contributed by atoms with Gasteiger partial charge in [-0.3, -0.25) is 0 Å². The number of fused-ring (bicyclic) bond motifs is 1. The Hall–Kier alpha value is -1.59. The van der Waals surface area contributed by atoms with Crippen LogP contribution in [0.2, 0.25) is 0 Å². The van der Waals surface area contributed by atoms with Crippen LogP contribution < -0.4 is 10.2 Å². The Morgan fingerprint density at radius 1 is 1.53 bits per heavy atom. The number of para-hydroxylation sites is 1. The maximum absolute atomic E-state index is 11.1. The molecule has 2 atom stereocenters. The van der Waals surface area contributed by atoms with Gasteiger partial charge in [-0.25, -0.2) is 4.79 Å². The van der Waals surface area contributed by atoms with Crippen molar-refractivity contribution in [2.24, 2.45) is 0 Å². The highest BCUT2D eigenvalue weighted by Gasteiger charge is 2.34. The number of rotatable bonds is 3. The summed E-state index contributed by atoms with van der Waals surface area (Å²) >= 11 is 0. The highest BCUT2D eigenvalue weighted by atomic mass is 16.4. The molecule has 19 heavy (non-hydrogen) atoms. The lowest BCUT2D eigenvalue weighted by molar-refractivity contribution is -0.155. The van der Waals surface area contributed by atoms with Gasteiger partial charge in [-0.1, -0.05) is 18.2 Å². The van der Waals surface area contributed by atoms with Crippen LogP contribution in [0, 0.1) is 0 Å². The predicted molar refractivity (Wildman–Crippen MR) is 73.2 cm³/mol. The summed E-state index contributed by atoms with van der Waals surface area (Å²) in [6, 6.07) is 8.11. The molecule has 0 saturated carbocycles. The van der Waals surface area contributed by atoms with Gasteiger partial charge in [0.15, 0.2) is 5.60 Å². The van der Waals surface area contributed by atoms with Crippen LogP contribution in [-0.4, -0.2) is 40.9 Å². The average Bonchev–Trinajstić information content (AvgIpc) is 2.49. The van der Waals surface area contributed by atoms with Gasteiger partial charge in [-0.05, 0) is 25.5 Å².